The van der Waals surface area contributed by atoms with Crippen LogP contribution in [0.2, 0.25) is 0 Å². The number of carbonyl (C=O) groups is 2. The molecule has 0 bridgehead atoms. The van der Waals surface area contributed by atoms with E-state index in [1.54, 1.807) is 0 Å². The van der Waals surface area contributed by atoms with Crippen molar-refractivity contribution < 1.29 is 32.4 Å². The van der Waals surface area contributed by atoms with Crippen molar-refractivity contribution in [2.45, 2.75) is 6.54 Å². The van der Waals surface area contributed by atoms with Crippen LogP contribution in [0.3, 0.4) is 0 Å². The van der Waals surface area contributed by atoms with Gasteiger partial charge in [-0.1, -0.05) is 0 Å². The van der Waals surface area contributed by atoms with Crippen LogP contribution in [-0.4, -0.2) is 28.0 Å². The highest BCUT2D eigenvalue weighted by Gasteiger charge is 2.17. The first-order chi connectivity index (χ1) is 13.7. The lowest BCUT2D eigenvalue weighted by Crippen LogP contribution is -2.25. The molecule has 0 fully saturated rings. The Morgan fingerprint density at radius 2 is 1.93 bits per heavy atom. The highest BCUT2D eigenvalue weighted by molar-refractivity contribution is 5.92. The van der Waals surface area contributed by atoms with E-state index in [-0.39, 0.29) is 22.5 Å². The predicted molar refractivity (Wildman–Crippen MR) is 93.1 cm³/mol. The molecule has 10 nitrogen and oxygen atoms in total. The number of nitro benzene ring substituents is 1. The van der Waals surface area contributed by atoms with Gasteiger partial charge in [0.2, 0.25) is 0 Å². The largest absolute Gasteiger partial charge is 0.454 e. The van der Waals surface area contributed by atoms with Gasteiger partial charge in [0.1, 0.15) is 6.54 Å². The molecule has 0 radical (unpaired) electrons. The lowest BCUT2D eigenvalue weighted by atomic mass is 10.3. The van der Waals surface area contributed by atoms with E-state index in [9.17, 15) is 33.3 Å². The van der Waals surface area contributed by atoms with Crippen molar-refractivity contribution in [3.05, 3.63) is 68.7 Å². The maximum atomic E-state index is 13.1. The fraction of sp³-hybridized carbons (Fsp3) is 0.118. The zero-order valence-electron chi connectivity index (χ0n) is 14.4. The summed E-state index contributed by atoms with van der Waals surface area (Å²) < 4.78 is 36.4. The van der Waals surface area contributed by atoms with E-state index in [1.807, 2.05) is 0 Å². The van der Waals surface area contributed by atoms with Crippen molar-refractivity contribution in [3.8, 4) is 0 Å². The van der Waals surface area contributed by atoms with E-state index >= 15 is 0 Å². The number of oxazole rings is 1. The van der Waals surface area contributed by atoms with Crippen molar-refractivity contribution in [2.75, 3.05) is 11.9 Å². The molecule has 0 aliphatic heterocycles. The number of halogens is 2. The topological polar surface area (TPSA) is 134 Å². The number of nitrogens with one attached hydrogen (secondary N) is 1. The van der Waals surface area contributed by atoms with Gasteiger partial charge in [-0.05, 0) is 18.2 Å². The molecule has 0 saturated carbocycles. The number of rotatable bonds is 6. The Hall–Kier alpha value is -4.09. The number of nitro groups is 1. The number of benzene rings is 2. The van der Waals surface area contributed by atoms with Crippen molar-refractivity contribution >= 4 is 34.4 Å². The molecule has 12 heteroatoms. The number of hydrogen-bond donors (Lipinski definition) is 1. The lowest BCUT2D eigenvalue weighted by Gasteiger charge is -2.07. The molecule has 0 unspecified atom stereocenters. The van der Waals surface area contributed by atoms with Gasteiger partial charge in [-0.25, -0.2) is 13.6 Å². The maximum Gasteiger partial charge on any atom is 0.420 e. The van der Waals surface area contributed by atoms with Crippen molar-refractivity contribution in [3.63, 3.8) is 0 Å². The number of amides is 1. The van der Waals surface area contributed by atoms with Crippen LogP contribution in [0.4, 0.5) is 20.2 Å². The highest BCUT2D eigenvalue weighted by atomic mass is 19.2. The first kappa shape index (κ1) is 19.7. The third-order valence-electron chi connectivity index (χ3n) is 3.72. The molecule has 1 heterocycles. The number of hydrogen-bond acceptors (Lipinski definition) is 7. The number of non-ortho nitro benzene ring substituents is 1. The lowest BCUT2D eigenvalue weighted by molar-refractivity contribution is -0.384. The SMILES string of the molecule is O=C(COC(=O)Cn1c(=O)oc2cc([N+](=O)[O-])ccc21)Nc1ccc(F)c(F)c1. The Morgan fingerprint density at radius 1 is 1.17 bits per heavy atom. The summed E-state index contributed by atoms with van der Waals surface area (Å²) in [5.41, 5.74) is -0.296. The van der Waals surface area contributed by atoms with Gasteiger partial charge in [-0.2, -0.15) is 0 Å². The molecule has 0 saturated heterocycles. The zero-order chi connectivity index (χ0) is 21.1. The molecule has 3 aromatic rings. The molecule has 2 aromatic carbocycles. The fourth-order valence-corrected chi connectivity index (χ4v) is 2.41. The van der Waals surface area contributed by atoms with E-state index < -0.39 is 47.3 Å². The summed E-state index contributed by atoms with van der Waals surface area (Å²) in [4.78, 5) is 45.6. The second-order valence-electron chi connectivity index (χ2n) is 5.70. The van der Waals surface area contributed by atoms with E-state index in [0.717, 1.165) is 34.9 Å². The molecule has 1 N–H and O–H groups in total. The number of ether oxygens (including phenoxy) is 1. The van der Waals surface area contributed by atoms with Gasteiger partial charge in [0, 0.05) is 17.8 Å². The predicted octanol–water partition coefficient (Wildman–Crippen LogP) is 1.96. The van der Waals surface area contributed by atoms with Crippen molar-refractivity contribution in [2.24, 2.45) is 0 Å². The first-order valence-corrected chi connectivity index (χ1v) is 7.93. The van der Waals surface area contributed by atoms with Gasteiger partial charge in [-0.3, -0.25) is 24.3 Å². The molecule has 0 aliphatic carbocycles. The molecule has 150 valence electrons. The van der Waals surface area contributed by atoms with E-state index in [4.69, 9.17) is 9.15 Å². The minimum Gasteiger partial charge on any atom is -0.454 e. The zero-order valence-corrected chi connectivity index (χ0v) is 14.4. The van der Waals surface area contributed by atoms with Gasteiger partial charge in [0.05, 0.1) is 16.5 Å². The van der Waals surface area contributed by atoms with Crippen LogP contribution in [0.1, 0.15) is 0 Å². The van der Waals surface area contributed by atoms with Gasteiger partial charge in [0.15, 0.2) is 23.8 Å². The fourth-order valence-electron chi connectivity index (χ4n) is 2.41. The number of esters is 1. The summed E-state index contributed by atoms with van der Waals surface area (Å²) in [7, 11) is 0. The summed E-state index contributed by atoms with van der Waals surface area (Å²) in [6.07, 6.45) is 0. The van der Waals surface area contributed by atoms with Crippen molar-refractivity contribution in [1.29, 1.82) is 0 Å². The number of fused-ring (bicyclic) bond motifs is 1. The third-order valence-corrected chi connectivity index (χ3v) is 3.72. The molecular formula is C17H11F2N3O7. The summed E-state index contributed by atoms with van der Waals surface area (Å²) >= 11 is 0. The Balaban J connectivity index is 1.62. The number of nitrogens with zero attached hydrogens (tertiary/aromatic N) is 2. The van der Waals surface area contributed by atoms with E-state index in [0.29, 0.717) is 0 Å². The number of anilines is 1. The summed E-state index contributed by atoms with van der Waals surface area (Å²) in [5.74, 6) is -4.97. The van der Waals surface area contributed by atoms with Crippen LogP contribution in [0.15, 0.2) is 45.6 Å². The summed E-state index contributed by atoms with van der Waals surface area (Å²) in [5, 5.41) is 13.0. The minimum absolute atomic E-state index is 0.0383. The molecule has 29 heavy (non-hydrogen) atoms. The van der Waals surface area contributed by atoms with Gasteiger partial charge < -0.3 is 14.5 Å². The second-order valence-corrected chi connectivity index (χ2v) is 5.70. The molecule has 1 amide bonds. The average Bonchev–Trinajstić information content (AvgIpc) is 2.97. The quantitative estimate of drug-likeness (QED) is 0.375. The molecular weight excluding hydrogens is 396 g/mol. The van der Waals surface area contributed by atoms with Gasteiger partial charge in [0.25, 0.3) is 11.6 Å². The van der Waals surface area contributed by atoms with Crippen LogP contribution in [0.25, 0.3) is 11.1 Å². The number of aromatic nitrogens is 1. The minimum atomic E-state index is -1.16. The van der Waals surface area contributed by atoms with Crippen LogP contribution in [0.5, 0.6) is 0 Å². The van der Waals surface area contributed by atoms with E-state index in [2.05, 4.69) is 5.32 Å². The molecule has 0 aliphatic rings. The Morgan fingerprint density at radius 3 is 2.62 bits per heavy atom. The third kappa shape index (κ3) is 4.43. The first-order valence-electron chi connectivity index (χ1n) is 7.93. The van der Waals surface area contributed by atoms with Crippen LogP contribution in [0, 0.1) is 21.7 Å². The maximum absolute atomic E-state index is 13.1. The van der Waals surface area contributed by atoms with Crippen LogP contribution < -0.4 is 11.1 Å². The summed E-state index contributed by atoms with van der Waals surface area (Å²) in [6.45, 7) is -1.35. The normalized spacial score (nSPS) is 10.7. The molecule has 0 spiro atoms. The molecule has 1 aromatic heterocycles. The monoisotopic (exact) mass is 407 g/mol. The van der Waals surface area contributed by atoms with Crippen LogP contribution in [-0.2, 0) is 20.9 Å². The molecule has 3 rings (SSSR count). The number of carbonyl (C=O) groups excluding carboxylic acids is 2. The van der Waals surface area contributed by atoms with Gasteiger partial charge >= 0.3 is 11.7 Å². The van der Waals surface area contributed by atoms with Crippen molar-refractivity contribution in [1.82, 2.24) is 4.57 Å². The highest BCUT2D eigenvalue weighted by Crippen LogP contribution is 2.20. The summed E-state index contributed by atoms with van der Waals surface area (Å²) in [6, 6.07) is 6.10. The second kappa shape index (κ2) is 7.88. The Bertz CT molecular complexity index is 1190. The average molecular weight is 407 g/mol. The van der Waals surface area contributed by atoms with E-state index in [1.165, 1.54) is 6.07 Å². The Labute approximate surface area is 159 Å². The van der Waals surface area contributed by atoms with Crippen LogP contribution >= 0.6 is 0 Å². The molecule has 0 atom stereocenters. The van der Waals surface area contributed by atoms with Gasteiger partial charge in [-0.15, -0.1) is 0 Å². The Kier molecular flexibility index (Phi) is 5.34. The smallest absolute Gasteiger partial charge is 0.420 e. The standard InChI is InChI=1S/C17H11F2N3O7/c18-11-3-1-9(5-12(11)19)20-15(23)8-28-16(24)7-21-13-4-2-10(22(26)27)6-14(13)29-17(21)25/h1-6H,7-8H2,(H,20,23).